The van der Waals surface area contributed by atoms with Gasteiger partial charge in [0.05, 0.1) is 5.56 Å². The molecule has 0 aromatic heterocycles. The maximum Gasteiger partial charge on any atom is 0.256 e. The maximum atomic E-state index is 12.8. The Balaban J connectivity index is 2.12. The highest BCUT2D eigenvalue weighted by Gasteiger charge is 2.24. The molecule has 1 saturated heterocycles. The van der Waals surface area contributed by atoms with Gasteiger partial charge < -0.3 is 10.2 Å². The minimum absolute atomic E-state index is 0.102. The van der Waals surface area contributed by atoms with Gasteiger partial charge in [0.1, 0.15) is 0 Å². The third-order valence-corrected chi connectivity index (χ3v) is 4.49. The lowest BCUT2D eigenvalue weighted by Gasteiger charge is -2.32. The second-order valence-corrected chi connectivity index (χ2v) is 6.20. The molecule has 0 radical (unpaired) electrons. The van der Waals surface area contributed by atoms with Crippen molar-refractivity contribution in [2.75, 3.05) is 25.0 Å². The lowest BCUT2D eigenvalue weighted by molar-refractivity contribution is 0.0690. The SMILES string of the molecule is CCCNc1ccc(Cl)cc1C(=O)N1CCC(CC)CC1. The van der Waals surface area contributed by atoms with E-state index in [0.717, 1.165) is 50.5 Å². The number of hydrogen-bond donors (Lipinski definition) is 1. The number of carbonyl (C=O) groups excluding carboxylic acids is 1. The first-order valence-electron chi connectivity index (χ1n) is 7.98. The molecule has 0 unspecified atom stereocenters. The summed E-state index contributed by atoms with van der Waals surface area (Å²) in [6.07, 6.45) is 4.46. The highest BCUT2D eigenvalue weighted by molar-refractivity contribution is 6.31. The molecule has 1 aromatic rings. The van der Waals surface area contributed by atoms with Gasteiger partial charge in [-0.25, -0.2) is 0 Å². The van der Waals surface area contributed by atoms with Crippen molar-refractivity contribution in [3.8, 4) is 0 Å². The predicted octanol–water partition coefficient (Wildman–Crippen LogP) is 4.42. The Kier molecular flexibility index (Phi) is 5.92. The Hall–Kier alpha value is -1.22. The van der Waals surface area contributed by atoms with Crippen LogP contribution in [0.5, 0.6) is 0 Å². The first kappa shape index (κ1) is 16.2. The Morgan fingerprint density at radius 3 is 2.67 bits per heavy atom. The molecule has 1 aliphatic heterocycles. The number of rotatable bonds is 5. The molecule has 0 spiro atoms. The van der Waals surface area contributed by atoms with Crippen LogP contribution in [0.1, 0.15) is 49.9 Å². The number of benzene rings is 1. The standard InChI is InChI=1S/C17H25ClN2O/c1-3-9-19-16-6-5-14(18)12-15(16)17(21)20-10-7-13(4-2)8-11-20/h5-6,12-13,19H,3-4,7-11H2,1-2H3. The number of amides is 1. The van der Waals surface area contributed by atoms with Gasteiger partial charge in [0.15, 0.2) is 0 Å². The lowest BCUT2D eigenvalue weighted by atomic mass is 9.94. The Labute approximate surface area is 132 Å². The average molecular weight is 309 g/mol. The van der Waals surface area contributed by atoms with Crippen LogP contribution in [0.2, 0.25) is 5.02 Å². The number of carbonyl (C=O) groups is 1. The van der Waals surface area contributed by atoms with E-state index in [4.69, 9.17) is 11.6 Å². The molecule has 21 heavy (non-hydrogen) atoms. The van der Waals surface area contributed by atoms with Crippen molar-refractivity contribution < 1.29 is 4.79 Å². The molecule has 0 saturated carbocycles. The second kappa shape index (κ2) is 7.69. The van der Waals surface area contributed by atoms with E-state index in [1.165, 1.54) is 6.42 Å². The number of nitrogens with one attached hydrogen (secondary N) is 1. The van der Waals surface area contributed by atoms with Gasteiger partial charge in [-0.05, 0) is 43.4 Å². The molecule has 2 rings (SSSR count). The minimum Gasteiger partial charge on any atom is -0.384 e. The molecule has 1 amide bonds. The average Bonchev–Trinajstić information content (AvgIpc) is 2.53. The number of piperidine rings is 1. The minimum atomic E-state index is 0.102. The lowest BCUT2D eigenvalue weighted by Crippen LogP contribution is -2.38. The molecule has 1 aromatic carbocycles. The Bertz CT molecular complexity index is 482. The fraction of sp³-hybridized carbons (Fsp3) is 0.588. The van der Waals surface area contributed by atoms with Gasteiger partial charge in [-0.3, -0.25) is 4.79 Å². The predicted molar refractivity (Wildman–Crippen MR) is 89.2 cm³/mol. The number of halogens is 1. The van der Waals surface area contributed by atoms with E-state index >= 15 is 0 Å². The zero-order valence-corrected chi connectivity index (χ0v) is 13.7. The topological polar surface area (TPSA) is 32.3 Å². The summed E-state index contributed by atoms with van der Waals surface area (Å²) in [6, 6.07) is 5.53. The highest BCUT2D eigenvalue weighted by atomic mass is 35.5. The van der Waals surface area contributed by atoms with Crippen LogP contribution in [0.4, 0.5) is 5.69 Å². The fourth-order valence-electron chi connectivity index (χ4n) is 2.82. The molecular formula is C17H25ClN2O. The number of hydrogen-bond acceptors (Lipinski definition) is 2. The van der Waals surface area contributed by atoms with Crippen LogP contribution in [0, 0.1) is 5.92 Å². The van der Waals surface area contributed by atoms with Gasteiger partial charge in [0.2, 0.25) is 0 Å². The summed E-state index contributed by atoms with van der Waals surface area (Å²) >= 11 is 6.08. The Morgan fingerprint density at radius 1 is 1.33 bits per heavy atom. The van der Waals surface area contributed by atoms with Crippen molar-refractivity contribution in [3.05, 3.63) is 28.8 Å². The summed E-state index contributed by atoms with van der Waals surface area (Å²) in [5.41, 5.74) is 1.59. The van der Waals surface area contributed by atoms with Crippen LogP contribution < -0.4 is 5.32 Å². The van der Waals surface area contributed by atoms with Gasteiger partial charge in [-0.1, -0.05) is 31.9 Å². The van der Waals surface area contributed by atoms with E-state index in [2.05, 4.69) is 19.2 Å². The van der Waals surface area contributed by atoms with E-state index in [9.17, 15) is 4.79 Å². The van der Waals surface area contributed by atoms with E-state index in [1.54, 1.807) is 6.07 Å². The molecule has 116 valence electrons. The number of anilines is 1. The van der Waals surface area contributed by atoms with Gasteiger partial charge in [-0.15, -0.1) is 0 Å². The van der Waals surface area contributed by atoms with Crippen LogP contribution in [0.25, 0.3) is 0 Å². The third kappa shape index (κ3) is 4.13. The molecule has 1 fully saturated rings. The van der Waals surface area contributed by atoms with Crippen molar-refractivity contribution in [3.63, 3.8) is 0 Å². The molecule has 3 nitrogen and oxygen atoms in total. The van der Waals surface area contributed by atoms with Crippen LogP contribution in [-0.4, -0.2) is 30.4 Å². The first-order chi connectivity index (χ1) is 10.2. The van der Waals surface area contributed by atoms with E-state index in [0.29, 0.717) is 10.6 Å². The summed E-state index contributed by atoms with van der Waals surface area (Å²) < 4.78 is 0. The normalized spacial score (nSPS) is 16.0. The summed E-state index contributed by atoms with van der Waals surface area (Å²) in [7, 11) is 0. The van der Waals surface area contributed by atoms with Crippen molar-refractivity contribution in [2.24, 2.45) is 5.92 Å². The Morgan fingerprint density at radius 2 is 2.05 bits per heavy atom. The van der Waals surface area contributed by atoms with Crippen molar-refractivity contribution in [2.45, 2.75) is 39.5 Å². The molecule has 0 atom stereocenters. The van der Waals surface area contributed by atoms with Crippen LogP contribution in [-0.2, 0) is 0 Å². The van der Waals surface area contributed by atoms with E-state index in [-0.39, 0.29) is 5.91 Å². The molecule has 1 heterocycles. The van der Waals surface area contributed by atoms with Gasteiger partial charge in [0, 0.05) is 30.3 Å². The zero-order valence-electron chi connectivity index (χ0n) is 13.0. The van der Waals surface area contributed by atoms with Gasteiger partial charge >= 0.3 is 0 Å². The smallest absolute Gasteiger partial charge is 0.256 e. The van der Waals surface area contributed by atoms with Crippen molar-refractivity contribution in [1.82, 2.24) is 4.90 Å². The molecular weight excluding hydrogens is 284 g/mol. The summed E-state index contributed by atoms with van der Waals surface area (Å²) in [5.74, 6) is 0.872. The highest BCUT2D eigenvalue weighted by Crippen LogP contribution is 2.26. The van der Waals surface area contributed by atoms with Crippen LogP contribution in [0.15, 0.2) is 18.2 Å². The molecule has 0 aliphatic carbocycles. The van der Waals surface area contributed by atoms with E-state index in [1.807, 2.05) is 17.0 Å². The summed E-state index contributed by atoms with van der Waals surface area (Å²) in [5, 5.41) is 3.94. The van der Waals surface area contributed by atoms with Crippen LogP contribution >= 0.6 is 11.6 Å². The quantitative estimate of drug-likeness (QED) is 0.873. The largest absolute Gasteiger partial charge is 0.384 e. The van der Waals surface area contributed by atoms with Crippen LogP contribution in [0.3, 0.4) is 0 Å². The van der Waals surface area contributed by atoms with Crippen molar-refractivity contribution in [1.29, 1.82) is 0 Å². The van der Waals surface area contributed by atoms with E-state index < -0.39 is 0 Å². The molecule has 1 aliphatic rings. The van der Waals surface area contributed by atoms with Crippen molar-refractivity contribution >= 4 is 23.2 Å². The molecule has 1 N–H and O–H groups in total. The first-order valence-corrected chi connectivity index (χ1v) is 8.36. The molecule has 0 bridgehead atoms. The molecule has 4 heteroatoms. The number of likely N-dealkylation sites (tertiary alicyclic amines) is 1. The zero-order chi connectivity index (χ0) is 15.2. The number of nitrogens with zero attached hydrogens (tertiary/aromatic N) is 1. The van der Waals surface area contributed by atoms with Gasteiger partial charge in [-0.2, -0.15) is 0 Å². The maximum absolute atomic E-state index is 12.8. The fourth-order valence-corrected chi connectivity index (χ4v) is 2.99. The second-order valence-electron chi connectivity index (χ2n) is 5.76. The summed E-state index contributed by atoms with van der Waals surface area (Å²) in [6.45, 7) is 6.92. The monoisotopic (exact) mass is 308 g/mol. The summed E-state index contributed by atoms with van der Waals surface area (Å²) in [4.78, 5) is 14.7. The third-order valence-electron chi connectivity index (χ3n) is 4.26. The van der Waals surface area contributed by atoms with Gasteiger partial charge in [0.25, 0.3) is 5.91 Å².